The van der Waals surface area contributed by atoms with E-state index >= 15 is 0 Å². The summed E-state index contributed by atoms with van der Waals surface area (Å²) in [6, 6.07) is 4.68. The van der Waals surface area contributed by atoms with Crippen molar-refractivity contribution in [3.05, 3.63) is 29.3 Å². The van der Waals surface area contributed by atoms with Gasteiger partial charge >= 0.3 is 12.8 Å². The Labute approximate surface area is 153 Å². The van der Waals surface area contributed by atoms with Crippen molar-refractivity contribution in [2.75, 3.05) is 13.6 Å². The zero-order chi connectivity index (χ0) is 17.5. The van der Waals surface area contributed by atoms with Gasteiger partial charge in [-0.05, 0) is 13.0 Å². The minimum absolute atomic E-state index is 0. The smallest absolute Gasteiger partial charge is 0.390 e. The highest BCUT2D eigenvalue weighted by Gasteiger charge is 2.26. The Kier molecular flexibility index (Phi) is 9.93. The van der Waals surface area contributed by atoms with Crippen LogP contribution in [0.1, 0.15) is 17.5 Å². The van der Waals surface area contributed by atoms with Crippen LogP contribution >= 0.6 is 24.0 Å². The summed E-state index contributed by atoms with van der Waals surface area (Å²) in [5.41, 5.74) is 1.28. The lowest BCUT2D eigenvalue weighted by Gasteiger charge is -2.15. The third-order valence-electron chi connectivity index (χ3n) is 2.80. The molecule has 0 saturated heterocycles. The minimum Gasteiger partial charge on any atom is -0.434 e. The summed E-state index contributed by atoms with van der Waals surface area (Å²) >= 11 is 0. The summed E-state index contributed by atoms with van der Waals surface area (Å²) < 4.78 is 65.4. The number of aliphatic imine (C=N–C) groups is 1. The summed E-state index contributed by atoms with van der Waals surface area (Å²) in [7, 11) is 1.40. The van der Waals surface area contributed by atoms with Gasteiger partial charge in [-0.2, -0.15) is 22.0 Å². The third-order valence-corrected chi connectivity index (χ3v) is 2.80. The number of guanidine groups is 1. The Morgan fingerprint density at radius 1 is 1.25 bits per heavy atom. The highest BCUT2D eigenvalue weighted by atomic mass is 127. The van der Waals surface area contributed by atoms with Crippen LogP contribution in [0.2, 0.25) is 0 Å². The summed E-state index contributed by atoms with van der Waals surface area (Å²) in [6.07, 6.45) is -5.27. The second-order valence-corrected chi connectivity index (χ2v) is 4.71. The molecule has 0 atom stereocenters. The number of ether oxygens (including phenoxy) is 1. The first-order valence-electron chi connectivity index (χ1n) is 6.77. The lowest BCUT2D eigenvalue weighted by molar-refractivity contribution is -0.132. The Morgan fingerprint density at radius 2 is 1.92 bits per heavy atom. The molecule has 2 N–H and O–H groups in total. The van der Waals surface area contributed by atoms with Gasteiger partial charge in [0.1, 0.15) is 5.75 Å². The van der Waals surface area contributed by atoms with Gasteiger partial charge in [-0.15, -0.1) is 24.0 Å². The predicted octanol–water partition coefficient (Wildman–Crippen LogP) is 3.83. The number of alkyl halides is 5. The second-order valence-electron chi connectivity index (χ2n) is 4.71. The number of benzene rings is 1. The lowest BCUT2D eigenvalue weighted by atomic mass is 10.1. The van der Waals surface area contributed by atoms with Crippen molar-refractivity contribution >= 4 is 29.9 Å². The van der Waals surface area contributed by atoms with E-state index in [1.165, 1.54) is 13.1 Å². The molecule has 0 amide bonds. The quantitative estimate of drug-likeness (QED) is 0.290. The van der Waals surface area contributed by atoms with Crippen LogP contribution in [0.5, 0.6) is 5.75 Å². The van der Waals surface area contributed by atoms with E-state index in [2.05, 4.69) is 20.4 Å². The molecule has 0 saturated carbocycles. The summed E-state index contributed by atoms with van der Waals surface area (Å²) in [5, 5.41) is 5.26. The summed E-state index contributed by atoms with van der Waals surface area (Å²) in [4.78, 5) is 3.77. The first-order chi connectivity index (χ1) is 10.7. The van der Waals surface area contributed by atoms with E-state index in [-0.39, 0.29) is 48.8 Å². The van der Waals surface area contributed by atoms with E-state index in [0.29, 0.717) is 5.56 Å². The monoisotopic (exact) mass is 467 g/mol. The number of rotatable bonds is 6. The average molecular weight is 467 g/mol. The number of aryl methyl sites for hydroxylation is 1. The molecular weight excluding hydrogens is 448 g/mol. The van der Waals surface area contributed by atoms with Crippen molar-refractivity contribution in [2.45, 2.75) is 32.7 Å². The molecule has 24 heavy (non-hydrogen) atoms. The normalized spacial score (nSPS) is 11.9. The van der Waals surface area contributed by atoms with Crippen LogP contribution in [-0.2, 0) is 6.54 Å². The van der Waals surface area contributed by atoms with Crippen molar-refractivity contribution in [1.29, 1.82) is 0 Å². The highest BCUT2D eigenvalue weighted by Crippen LogP contribution is 2.22. The zero-order valence-corrected chi connectivity index (χ0v) is 15.4. The molecular formula is C14H19F5IN3O. The van der Waals surface area contributed by atoms with E-state index in [4.69, 9.17) is 0 Å². The van der Waals surface area contributed by atoms with Gasteiger partial charge < -0.3 is 15.4 Å². The van der Waals surface area contributed by atoms with Crippen molar-refractivity contribution in [3.63, 3.8) is 0 Å². The van der Waals surface area contributed by atoms with Crippen molar-refractivity contribution < 1.29 is 26.7 Å². The van der Waals surface area contributed by atoms with Gasteiger partial charge in [-0.3, -0.25) is 4.99 Å². The van der Waals surface area contributed by atoms with Gasteiger partial charge in [0.2, 0.25) is 0 Å². The number of hydrogen-bond donors (Lipinski definition) is 2. The first kappa shape index (κ1) is 22.7. The van der Waals surface area contributed by atoms with E-state index in [9.17, 15) is 22.0 Å². The topological polar surface area (TPSA) is 45.7 Å². The van der Waals surface area contributed by atoms with E-state index < -0.39 is 19.2 Å². The largest absolute Gasteiger partial charge is 0.434 e. The molecule has 0 bridgehead atoms. The maximum absolute atomic E-state index is 12.4. The van der Waals surface area contributed by atoms with Crippen molar-refractivity contribution in [2.24, 2.45) is 4.99 Å². The molecule has 138 valence electrons. The van der Waals surface area contributed by atoms with Crippen LogP contribution < -0.4 is 15.4 Å². The van der Waals surface area contributed by atoms with Crippen LogP contribution in [-0.4, -0.2) is 32.3 Å². The zero-order valence-electron chi connectivity index (χ0n) is 13.1. The fourth-order valence-electron chi connectivity index (χ4n) is 1.78. The average Bonchev–Trinajstić information content (AvgIpc) is 2.43. The van der Waals surface area contributed by atoms with Crippen LogP contribution in [0, 0.1) is 6.92 Å². The molecule has 1 aromatic carbocycles. The van der Waals surface area contributed by atoms with Crippen molar-refractivity contribution in [1.82, 2.24) is 10.6 Å². The molecule has 0 unspecified atom stereocenters. The van der Waals surface area contributed by atoms with Gasteiger partial charge in [0.25, 0.3) is 0 Å². The molecule has 4 nitrogen and oxygen atoms in total. The molecule has 0 aliphatic heterocycles. The van der Waals surface area contributed by atoms with Crippen LogP contribution in [0.15, 0.2) is 23.2 Å². The van der Waals surface area contributed by atoms with Crippen LogP contribution in [0.4, 0.5) is 22.0 Å². The lowest BCUT2D eigenvalue weighted by Crippen LogP contribution is -2.38. The molecule has 1 aromatic rings. The second kappa shape index (κ2) is 10.5. The molecule has 0 spiro atoms. The van der Waals surface area contributed by atoms with Gasteiger partial charge in [0.05, 0.1) is 6.42 Å². The van der Waals surface area contributed by atoms with Crippen LogP contribution in [0.3, 0.4) is 0 Å². The molecule has 0 heterocycles. The molecule has 0 aromatic heterocycles. The first-order valence-corrected chi connectivity index (χ1v) is 6.77. The Hall–Kier alpha value is -1.33. The fourth-order valence-corrected chi connectivity index (χ4v) is 1.78. The Morgan fingerprint density at radius 3 is 2.46 bits per heavy atom. The van der Waals surface area contributed by atoms with Crippen molar-refractivity contribution in [3.8, 4) is 5.75 Å². The SMILES string of the molecule is CN=C(NCCC(F)(F)F)NCc1cc(C)ccc1OC(F)F.I. The van der Waals surface area contributed by atoms with Crippen LogP contribution in [0.25, 0.3) is 0 Å². The predicted molar refractivity (Wildman–Crippen MR) is 92.1 cm³/mol. The highest BCUT2D eigenvalue weighted by molar-refractivity contribution is 14.0. The molecule has 1 rings (SSSR count). The number of hydrogen-bond acceptors (Lipinski definition) is 2. The third kappa shape index (κ3) is 9.08. The van der Waals surface area contributed by atoms with E-state index in [0.717, 1.165) is 5.56 Å². The maximum atomic E-state index is 12.4. The molecule has 0 radical (unpaired) electrons. The summed E-state index contributed by atoms with van der Waals surface area (Å²) in [6.45, 7) is -1.43. The van der Waals surface area contributed by atoms with Gasteiger partial charge in [0.15, 0.2) is 5.96 Å². The Balaban J connectivity index is 0.00000529. The molecule has 0 aliphatic carbocycles. The number of nitrogens with one attached hydrogen (secondary N) is 2. The standard InChI is InChI=1S/C14H18F5N3O.HI/c1-9-3-4-11(23-12(15)16)10(7-9)8-22-13(20-2)21-6-5-14(17,18)19;/h3-4,7,12H,5-6,8H2,1-2H3,(H2,20,21,22);1H. The van der Waals surface area contributed by atoms with E-state index in [1.54, 1.807) is 19.1 Å². The minimum atomic E-state index is -4.26. The number of halogens is 6. The molecule has 0 aliphatic rings. The van der Waals surface area contributed by atoms with Gasteiger partial charge in [0, 0.05) is 25.7 Å². The Bertz CT molecular complexity index is 538. The summed E-state index contributed by atoms with van der Waals surface area (Å²) in [5.74, 6) is 0.141. The molecule has 0 fully saturated rings. The fraction of sp³-hybridized carbons (Fsp3) is 0.500. The van der Waals surface area contributed by atoms with Gasteiger partial charge in [-0.1, -0.05) is 17.7 Å². The molecule has 10 heteroatoms. The van der Waals surface area contributed by atoms with E-state index in [1.807, 2.05) is 0 Å². The number of nitrogens with zero attached hydrogens (tertiary/aromatic N) is 1. The van der Waals surface area contributed by atoms with Gasteiger partial charge in [-0.25, -0.2) is 0 Å². The maximum Gasteiger partial charge on any atom is 0.390 e.